The van der Waals surface area contributed by atoms with Gasteiger partial charge in [-0.15, -0.1) is 0 Å². The average molecular weight is 431 g/mol. The van der Waals surface area contributed by atoms with Gasteiger partial charge in [0.2, 0.25) is 5.95 Å². The third-order valence-electron chi connectivity index (χ3n) is 5.08. The second-order valence-electron chi connectivity index (χ2n) is 6.93. The Morgan fingerprint density at radius 2 is 1.87 bits per heavy atom. The molecule has 0 fully saturated rings. The zero-order chi connectivity index (χ0) is 21.1. The van der Waals surface area contributed by atoms with Crippen LogP contribution in [0.15, 0.2) is 59.8 Å². The molecule has 0 spiro atoms. The predicted molar refractivity (Wildman–Crippen MR) is 111 cm³/mol. The summed E-state index contributed by atoms with van der Waals surface area (Å²) in [5.74, 6) is 1.28. The number of rotatable bonds is 5. The maximum atomic E-state index is 13.1. The fourth-order valence-corrected chi connectivity index (χ4v) is 4.26. The van der Waals surface area contributed by atoms with Gasteiger partial charge < -0.3 is 4.74 Å². The van der Waals surface area contributed by atoms with Crippen LogP contribution in [0.1, 0.15) is 41.5 Å². The van der Waals surface area contributed by atoms with Crippen LogP contribution in [-0.4, -0.2) is 16.6 Å². The molecule has 4 rings (SSSR count). The lowest BCUT2D eigenvalue weighted by atomic mass is 9.83. The number of alkyl halides is 3. The Morgan fingerprint density at radius 3 is 2.60 bits per heavy atom. The lowest BCUT2D eigenvalue weighted by Gasteiger charge is -2.28. The third kappa shape index (κ3) is 4.38. The quantitative estimate of drug-likeness (QED) is 0.495. The van der Waals surface area contributed by atoms with Gasteiger partial charge in [0.05, 0.1) is 12.2 Å². The van der Waals surface area contributed by atoms with E-state index in [9.17, 15) is 13.2 Å². The number of anilines is 1. The van der Waals surface area contributed by atoms with Gasteiger partial charge in [-0.25, -0.2) is 9.97 Å². The van der Waals surface area contributed by atoms with E-state index in [0.29, 0.717) is 19.0 Å². The molecule has 4 nitrogen and oxygen atoms in total. The molecule has 1 aliphatic rings. The highest BCUT2D eigenvalue weighted by Crippen LogP contribution is 2.42. The number of hydrogen-bond acceptors (Lipinski definition) is 5. The van der Waals surface area contributed by atoms with Crippen LogP contribution in [0.2, 0.25) is 0 Å². The van der Waals surface area contributed by atoms with E-state index in [-0.39, 0.29) is 5.92 Å². The summed E-state index contributed by atoms with van der Waals surface area (Å²) in [6, 6.07) is 11.7. The van der Waals surface area contributed by atoms with E-state index in [0.717, 1.165) is 33.8 Å². The van der Waals surface area contributed by atoms with Crippen LogP contribution in [0.3, 0.4) is 0 Å². The highest BCUT2D eigenvalue weighted by Gasteiger charge is 2.32. The SMILES string of the molecule is CCc1cc(C(F)(F)F)ccc1[C@H]1CCOc2cc(SNc3ncccn3)ccc21. The number of halogens is 3. The monoisotopic (exact) mass is 431 g/mol. The van der Waals surface area contributed by atoms with Crippen LogP contribution >= 0.6 is 11.9 Å². The molecular formula is C22H20F3N3OS. The van der Waals surface area contributed by atoms with Crippen molar-refractivity contribution in [2.24, 2.45) is 0 Å². The van der Waals surface area contributed by atoms with Crippen molar-refractivity contribution in [1.82, 2.24) is 9.97 Å². The molecule has 156 valence electrons. The molecule has 3 aromatic rings. The standard InChI is InChI=1S/C22H20F3N3OS/c1-2-14-12-15(22(23,24)25)4-6-17(14)18-8-11-29-20-13-16(5-7-19(18)20)30-28-21-26-9-3-10-27-21/h3-7,9-10,12-13,18H,2,8,11H2,1H3,(H,26,27,28)/t18-/m1/s1. The largest absolute Gasteiger partial charge is 0.493 e. The van der Waals surface area contributed by atoms with E-state index in [1.54, 1.807) is 24.5 Å². The summed E-state index contributed by atoms with van der Waals surface area (Å²) in [5, 5.41) is 0. The molecule has 0 unspecified atom stereocenters. The van der Waals surface area contributed by atoms with Gasteiger partial charge >= 0.3 is 6.18 Å². The maximum Gasteiger partial charge on any atom is 0.416 e. The molecule has 0 radical (unpaired) electrons. The van der Waals surface area contributed by atoms with Crippen molar-refractivity contribution in [2.45, 2.75) is 36.8 Å². The summed E-state index contributed by atoms with van der Waals surface area (Å²) in [4.78, 5) is 9.18. The van der Waals surface area contributed by atoms with Crippen molar-refractivity contribution in [3.8, 4) is 5.75 Å². The Balaban J connectivity index is 1.60. The fourth-order valence-electron chi connectivity index (χ4n) is 3.64. The molecule has 0 bridgehead atoms. The Labute approximate surface area is 177 Å². The van der Waals surface area contributed by atoms with Crippen molar-refractivity contribution >= 4 is 17.9 Å². The fraction of sp³-hybridized carbons (Fsp3) is 0.273. The third-order valence-corrected chi connectivity index (χ3v) is 5.85. The molecule has 30 heavy (non-hydrogen) atoms. The van der Waals surface area contributed by atoms with Crippen LogP contribution in [0.25, 0.3) is 0 Å². The highest BCUT2D eigenvalue weighted by molar-refractivity contribution is 8.00. The van der Waals surface area contributed by atoms with Crippen molar-refractivity contribution < 1.29 is 17.9 Å². The summed E-state index contributed by atoms with van der Waals surface area (Å²) >= 11 is 1.38. The predicted octanol–water partition coefficient (Wildman–Crippen LogP) is 6.09. The van der Waals surface area contributed by atoms with E-state index in [1.807, 2.05) is 25.1 Å². The lowest BCUT2D eigenvalue weighted by Crippen LogP contribution is -2.17. The number of aromatic nitrogens is 2. The van der Waals surface area contributed by atoms with Gasteiger partial charge in [0.25, 0.3) is 0 Å². The average Bonchev–Trinajstić information content (AvgIpc) is 2.76. The normalized spacial score (nSPS) is 15.9. The van der Waals surface area contributed by atoms with Gasteiger partial charge in [0.1, 0.15) is 5.75 Å². The van der Waals surface area contributed by atoms with Gasteiger partial charge in [-0.05, 0) is 66.2 Å². The highest BCUT2D eigenvalue weighted by atomic mass is 32.2. The first kappa shape index (κ1) is 20.5. The van der Waals surface area contributed by atoms with Crippen LogP contribution < -0.4 is 9.46 Å². The van der Waals surface area contributed by atoms with E-state index >= 15 is 0 Å². The van der Waals surface area contributed by atoms with Gasteiger partial charge in [-0.2, -0.15) is 13.2 Å². The van der Waals surface area contributed by atoms with Crippen molar-refractivity contribution in [1.29, 1.82) is 0 Å². The number of aryl methyl sites for hydroxylation is 1. The van der Waals surface area contributed by atoms with E-state index < -0.39 is 11.7 Å². The smallest absolute Gasteiger partial charge is 0.416 e. The van der Waals surface area contributed by atoms with Gasteiger partial charge in [-0.3, -0.25) is 4.72 Å². The first-order valence-corrected chi connectivity index (χ1v) is 10.4. The number of benzene rings is 2. The zero-order valence-electron chi connectivity index (χ0n) is 16.2. The summed E-state index contributed by atoms with van der Waals surface area (Å²) in [6.45, 7) is 2.40. The molecule has 0 amide bonds. The Kier molecular flexibility index (Phi) is 5.85. The molecule has 1 aliphatic heterocycles. The van der Waals surface area contributed by atoms with E-state index in [1.165, 1.54) is 24.1 Å². The number of fused-ring (bicyclic) bond motifs is 1. The second kappa shape index (κ2) is 8.55. The molecule has 1 N–H and O–H groups in total. The minimum Gasteiger partial charge on any atom is -0.493 e. The lowest BCUT2D eigenvalue weighted by molar-refractivity contribution is -0.137. The van der Waals surface area contributed by atoms with Crippen molar-refractivity contribution in [3.05, 3.63) is 77.1 Å². The van der Waals surface area contributed by atoms with Gasteiger partial charge in [0, 0.05) is 28.8 Å². The summed E-state index contributed by atoms with van der Waals surface area (Å²) in [5.41, 5.74) is 2.06. The molecule has 0 saturated heterocycles. The maximum absolute atomic E-state index is 13.1. The van der Waals surface area contributed by atoms with Crippen molar-refractivity contribution in [2.75, 3.05) is 11.3 Å². The number of ether oxygens (including phenoxy) is 1. The molecule has 1 atom stereocenters. The molecular weight excluding hydrogens is 411 g/mol. The van der Waals surface area contributed by atoms with E-state index in [4.69, 9.17) is 4.74 Å². The minimum atomic E-state index is -4.34. The summed E-state index contributed by atoms with van der Waals surface area (Å²) in [7, 11) is 0. The Bertz CT molecular complexity index is 1030. The first-order chi connectivity index (χ1) is 14.5. The Morgan fingerprint density at radius 1 is 1.10 bits per heavy atom. The minimum absolute atomic E-state index is 0.00968. The Hall–Kier alpha value is -2.74. The van der Waals surface area contributed by atoms with Crippen LogP contribution in [0.5, 0.6) is 5.75 Å². The van der Waals surface area contributed by atoms with Gasteiger partial charge in [-0.1, -0.05) is 19.1 Å². The molecule has 2 heterocycles. The van der Waals surface area contributed by atoms with E-state index in [2.05, 4.69) is 14.7 Å². The zero-order valence-corrected chi connectivity index (χ0v) is 17.1. The van der Waals surface area contributed by atoms with Crippen molar-refractivity contribution in [3.63, 3.8) is 0 Å². The van der Waals surface area contributed by atoms with Gasteiger partial charge in [0.15, 0.2) is 0 Å². The first-order valence-electron chi connectivity index (χ1n) is 9.62. The molecule has 0 saturated carbocycles. The molecule has 1 aromatic heterocycles. The second-order valence-corrected chi connectivity index (χ2v) is 7.81. The van der Waals surface area contributed by atoms with Crippen LogP contribution in [0, 0.1) is 0 Å². The summed E-state index contributed by atoms with van der Waals surface area (Å²) < 4.78 is 48.3. The molecule has 0 aliphatic carbocycles. The topological polar surface area (TPSA) is 47.0 Å². The number of nitrogens with zero attached hydrogens (tertiary/aromatic N) is 2. The molecule has 2 aromatic carbocycles. The van der Waals surface area contributed by atoms with Crippen LogP contribution in [0.4, 0.5) is 19.1 Å². The number of nitrogens with one attached hydrogen (secondary N) is 1. The summed E-state index contributed by atoms with van der Waals surface area (Å²) in [6.07, 6.45) is 0.254. The molecule has 8 heteroatoms. The number of hydrogen-bond donors (Lipinski definition) is 1. The van der Waals surface area contributed by atoms with Crippen LogP contribution in [-0.2, 0) is 12.6 Å².